The van der Waals surface area contributed by atoms with Crippen LogP contribution >= 0.6 is 0 Å². The van der Waals surface area contributed by atoms with Crippen molar-refractivity contribution in [3.05, 3.63) is 42.0 Å². The molecule has 13 N–H and O–H groups in total. The number of aliphatic hydroxyl groups is 1. The van der Waals surface area contributed by atoms with E-state index in [0.29, 0.717) is 89.1 Å². The fraction of sp³-hybridized carbons (Fsp3) is 0.707. The molecule has 3 rings (SSSR count). The third-order valence-electron chi connectivity index (χ3n) is 15.5. The Bertz CT molecular complexity index is 2200. The predicted octanol–water partition coefficient (Wildman–Crippen LogP) is 2.97. The van der Waals surface area contributed by atoms with E-state index in [9.17, 15) is 53.4 Å². The smallest absolute Gasteiger partial charge is 0.243 e. The molecule has 4 unspecified atom stereocenters. The summed E-state index contributed by atoms with van der Waals surface area (Å²) in [7, 11) is 0. The van der Waals surface area contributed by atoms with Crippen molar-refractivity contribution >= 4 is 53.3 Å². The number of likely N-dealkylation sites (tertiary alicyclic amines) is 1. The van der Waals surface area contributed by atoms with Crippen LogP contribution in [0.1, 0.15) is 170 Å². The van der Waals surface area contributed by atoms with Gasteiger partial charge in [0.25, 0.3) is 0 Å². The zero-order valence-electron chi connectivity index (χ0n) is 48.3. The third kappa shape index (κ3) is 21.8. The minimum Gasteiger partial charge on any atom is -0.508 e. The lowest BCUT2D eigenvalue weighted by molar-refractivity contribution is -0.145. The summed E-state index contributed by atoms with van der Waals surface area (Å²) in [6.45, 7) is 14.3. The van der Waals surface area contributed by atoms with Crippen LogP contribution in [-0.2, 0) is 49.6 Å². The first-order chi connectivity index (χ1) is 37.5. The van der Waals surface area contributed by atoms with Gasteiger partial charge in [-0.2, -0.15) is 0 Å². The van der Waals surface area contributed by atoms with E-state index in [4.69, 9.17) is 11.6 Å². The zero-order valence-corrected chi connectivity index (χ0v) is 48.3. The van der Waals surface area contributed by atoms with E-state index in [0.717, 1.165) is 32.1 Å². The number of phenolic OH excluding ortho intramolecular Hbond substituents is 1. The normalized spacial score (nSPS) is 22.7. The molecule has 21 heteroatoms. The summed E-state index contributed by atoms with van der Waals surface area (Å²) in [5.41, 5.74) is 6.81. The number of aromatic hydroxyl groups is 1. The van der Waals surface area contributed by atoms with Gasteiger partial charge in [0.1, 0.15) is 42.2 Å². The minimum atomic E-state index is -1.30. The number of unbranched alkanes of at least 4 members (excludes halogenated alkanes) is 1. The maximum atomic E-state index is 14.9. The zero-order chi connectivity index (χ0) is 58.9. The highest BCUT2D eigenvalue weighted by Gasteiger charge is 2.45. The van der Waals surface area contributed by atoms with Crippen molar-refractivity contribution in [2.75, 3.05) is 19.7 Å². The summed E-state index contributed by atoms with van der Waals surface area (Å²) in [5, 5.41) is 36.8. The molecule has 0 aromatic heterocycles. The second-order valence-electron chi connectivity index (χ2n) is 23.0. The van der Waals surface area contributed by atoms with E-state index in [1.807, 2.05) is 34.6 Å². The number of ketones is 2. The van der Waals surface area contributed by atoms with Crippen molar-refractivity contribution in [2.45, 2.75) is 225 Å². The number of carbonyl (C=O) groups is 9. The first-order valence-corrected chi connectivity index (χ1v) is 28.8. The van der Waals surface area contributed by atoms with Crippen LogP contribution in [0.15, 0.2) is 36.4 Å². The summed E-state index contributed by atoms with van der Waals surface area (Å²) in [6.07, 6.45) is 15.0. The Morgan fingerprint density at radius 3 is 2.03 bits per heavy atom. The van der Waals surface area contributed by atoms with E-state index >= 15 is 0 Å². The van der Waals surface area contributed by atoms with Crippen molar-refractivity contribution in [1.82, 2.24) is 42.2 Å². The standard InChI is InChI=1S/C58H96N10O11/c1-9-38(4)48(54(77)64-45(32-37(2)3)52(75)62-42(34-69)35-70)65-53(76)46(33-41-24-26-43(71)27-25-41)63-51(74)40(6)61-56(79)57(7)28-18-15-13-11-10-12-14-16-19-29-58(8,36-57)66-39(5)49(72)50(73)47-23-21-31-68(47)55(78)44(67-60)22-17-20-30-59/h11,13,24-27,34,37-40,42,44-48,66-67,70-71H,9-10,12,14-23,28-33,35-36,59-60H2,1-8H3,(H,61,79)(H,62,75)(H,63,74)(H,64,77)(H,65,76)/b13-11-/t38-,39-,40?,42?,44-,45-,46-,47-,48-,57?,58?/m0/s1. The molecule has 21 nitrogen and oxygen atoms in total. The highest BCUT2D eigenvalue weighted by Crippen LogP contribution is 2.38. The quantitative estimate of drug-likeness (QED) is 0.0137. The molecule has 1 saturated heterocycles. The molecular weight excluding hydrogens is 1010 g/mol. The number of aldehydes is 1. The van der Waals surface area contributed by atoms with Crippen LogP contribution in [0, 0.1) is 17.3 Å². The second-order valence-corrected chi connectivity index (χ2v) is 23.0. The fourth-order valence-corrected chi connectivity index (χ4v) is 10.7. The van der Waals surface area contributed by atoms with Gasteiger partial charge in [-0.25, -0.2) is 5.43 Å². The molecule has 11 atom stereocenters. The number of nitrogens with one attached hydrogen (secondary N) is 7. The summed E-state index contributed by atoms with van der Waals surface area (Å²) >= 11 is 0. The number of aliphatic hydroxyl groups excluding tert-OH is 1. The fourth-order valence-electron chi connectivity index (χ4n) is 10.7. The molecule has 0 saturated carbocycles. The van der Waals surface area contributed by atoms with Crippen LogP contribution in [0.4, 0.5) is 0 Å². The third-order valence-corrected chi connectivity index (χ3v) is 15.5. The Kier molecular flexibility index (Phi) is 29.0. The lowest BCUT2D eigenvalue weighted by atomic mass is 9.71. The number of nitrogens with zero attached hydrogens (tertiary/aromatic N) is 1. The van der Waals surface area contributed by atoms with Gasteiger partial charge in [-0.15, -0.1) is 0 Å². The SMILES string of the molecule is CC[C@H](C)[C@H](NC(=O)[C@H](Cc1ccc(O)cc1)NC(=O)C(C)NC(=O)C1(C)CCC/C=C\CCCCCCC(C)(N[C@@H](C)C(=O)C(=O)[C@@H]2CCCN2C(=O)[C@H](CCCCN)NN)C1)C(=O)N[C@@H](CC(C)C)C(=O)NC(C=O)CO. The number of hydrogen-bond acceptors (Lipinski definition) is 15. The molecule has 1 aromatic carbocycles. The molecule has 2 aliphatic rings. The van der Waals surface area contributed by atoms with Crippen molar-refractivity contribution in [1.29, 1.82) is 0 Å². The number of amides is 6. The van der Waals surface area contributed by atoms with Crippen molar-refractivity contribution < 1.29 is 53.4 Å². The molecule has 1 fully saturated rings. The second kappa shape index (κ2) is 33.9. The van der Waals surface area contributed by atoms with E-state index in [1.54, 1.807) is 26.0 Å². The predicted molar refractivity (Wildman–Crippen MR) is 302 cm³/mol. The Morgan fingerprint density at radius 1 is 0.759 bits per heavy atom. The summed E-state index contributed by atoms with van der Waals surface area (Å²) in [6, 6.07) is -2.56. The number of allylic oxidation sites excluding steroid dienone is 2. The van der Waals surface area contributed by atoms with Gasteiger partial charge >= 0.3 is 0 Å². The molecule has 444 valence electrons. The summed E-state index contributed by atoms with van der Waals surface area (Å²) in [4.78, 5) is 126. The lowest BCUT2D eigenvalue weighted by Crippen LogP contribution is -2.61. The molecule has 1 heterocycles. The van der Waals surface area contributed by atoms with E-state index in [1.165, 1.54) is 24.0 Å². The number of carbonyl (C=O) groups excluding carboxylic acids is 9. The number of hydrogen-bond donors (Lipinski definition) is 11. The maximum absolute atomic E-state index is 14.9. The monoisotopic (exact) mass is 1110 g/mol. The molecular formula is C58H96N10O11. The number of benzene rings is 1. The van der Waals surface area contributed by atoms with Gasteiger partial charge in [-0.1, -0.05) is 91.0 Å². The van der Waals surface area contributed by atoms with E-state index in [2.05, 4.69) is 49.5 Å². The van der Waals surface area contributed by atoms with Crippen LogP contribution in [-0.4, -0.2) is 142 Å². The molecule has 0 radical (unpaired) electrons. The molecule has 6 amide bonds. The van der Waals surface area contributed by atoms with Crippen molar-refractivity contribution in [2.24, 2.45) is 28.8 Å². The molecule has 0 bridgehead atoms. The van der Waals surface area contributed by atoms with Crippen LogP contribution in [0.3, 0.4) is 0 Å². The van der Waals surface area contributed by atoms with Crippen LogP contribution in [0.2, 0.25) is 0 Å². The first kappa shape index (κ1) is 67.7. The van der Waals surface area contributed by atoms with Crippen molar-refractivity contribution in [3.8, 4) is 5.75 Å². The first-order valence-electron chi connectivity index (χ1n) is 28.8. The summed E-state index contributed by atoms with van der Waals surface area (Å²) in [5.74, 6) is 0.310. The van der Waals surface area contributed by atoms with Gasteiger partial charge in [0.05, 0.1) is 24.7 Å². The van der Waals surface area contributed by atoms with E-state index in [-0.39, 0.29) is 36.8 Å². The van der Waals surface area contributed by atoms with Crippen molar-refractivity contribution in [3.63, 3.8) is 0 Å². The molecule has 0 spiro atoms. The number of nitrogens with two attached hydrogens (primary N) is 2. The van der Waals surface area contributed by atoms with Gasteiger partial charge in [0, 0.05) is 23.9 Å². The lowest BCUT2D eigenvalue weighted by Gasteiger charge is -2.41. The Morgan fingerprint density at radius 2 is 1.41 bits per heavy atom. The maximum Gasteiger partial charge on any atom is 0.243 e. The van der Waals surface area contributed by atoms with E-state index < -0.39 is 113 Å². The van der Waals surface area contributed by atoms with Gasteiger partial charge < -0.3 is 57.5 Å². The molecule has 1 aromatic rings. The molecule has 1 aliphatic carbocycles. The largest absolute Gasteiger partial charge is 0.508 e. The van der Waals surface area contributed by atoms with Gasteiger partial charge in [0.15, 0.2) is 0 Å². The van der Waals surface area contributed by atoms with Gasteiger partial charge in [-0.3, -0.25) is 44.2 Å². The Labute approximate surface area is 468 Å². The average molecular weight is 1110 g/mol. The highest BCUT2D eigenvalue weighted by atomic mass is 16.3. The average Bonchev–Trinajstić information content (AvgIpc) is 3.94. The van der Waals surface area contributed by atoms with Crippen LogP contribution in [0.25, 0.3) is 0 Å². The van der Waals surface area contributed by atoms with Crippen LogP contribution in [0.5, 0.6) is 5.75 Å². The highest BCUT2D eigenvalue weighted by molar-refractivity contribution is 6.41. The number of phenols is 1. The Balaban J connectivity index is 1.91. The minimum absolute atomic E-state index is 0.0200. The van der Waals surface area contributed by atoms with Gasteiger partial charge in [-0.05, 0) is 134 Å². The summed E-state index contributed by atoms with van der Waals surface area (Å²) < 4.78 is 0. The topological polar surface area (TPSA) is 334 Å². The molecule has 1 aliphatic heterocycles. The number of hydrazine groups is 1. The number of Topliss-reactive ketones (excluding diaryl/α,β-unsaturated/α-hetero) is 2. The number of rotatable bonds is 29. The van der Waals surface area contributed by atoms with Crippen LogP contribution < -0.4 is 48.9 Å². The van der Waals surface area contributed by atoms with Gasteiger partial charge in [0.2, 0.25) is 47.0 Å². The Hall–Kier alpha value is -5.61. The molecule has 79 heavy (non-hydrogen) atoms.